The number of halogens is 1. The molecule has 1 aromatic carbocycles. The number of carbonyl (C=O) groups is 2. The molecule has 228 valence electrons. The molecule has 0 bridgehead atoms. The van der Waals surface area contributed by atoms with Crippen LogP contribution >= 0.6 is 11.6 Å². The molecule has 0 unspecified atom stereocenters. The Hall–Kier alpha value is -3.37. The van der Waals surface area contributed by atoms with Gasteiger partial charge in [0.1, 0.15) is 18.2 Å². The van der Waals surface area contributed by atoms with Crippen molar-refractivity contribution in [3.63, 3.8) is 0 Å². The van der Waals surface area contributed by atoms with E-state index in [9.17, 15) is 14.7 Å². The normalized spacial score (nSPS) is 17.4. The minimum Gasteiger partial charge on any atom is -0.491 e. The Bertz CT molecular complexity index is 1360. The number of aliphatic hydroxyl groups is 1. The van der Waals surface area contributed by atoms with Gasteiger partial charge in [0, 0.05) is 62.5 Å². The number of nitrogens with zero attached hydrogens (tertiary/aromatic N) is 5. The molecule has 3 heterocycles. The number of carbonyl (C=O) groups excluding carboxylic acids is 2. The average molecular weight is 599 g/mol. The third kappa shape index (κ3) is 6.65. The van der Waals surface area contributed by atoms with Crippen molar-refractivity contribution in [1.29, 1.82) is 0 Å². The number of ketones is 1. The Labute approximate surface area is 253 Å². The largest absolute Gasteiger partial charge is 0.491 e. The maximum atomic E-state index is 12.7. The van der Waals surface area contributed by atoms with Crippen LogP contribution < -0.4 is 15.4 Å². The second-order valence-electron chi connectivity index (χ2n) is 11.9. The number of rotatable bonds is 9. The van der Waals surface area contributed by atoms with E-state index >= 15 is 0 Å². The highest BCUT2D eigenvalue weighted by Gasteiger charge is 2.46. The van der Waals surface area contributed by atoms with E-state index in [1.807, 2.05) is 18.7 Å². The topological polar surface area (TPSA) is 125 Å². The fourth-order valence-corrected chi connectivity index (χ4v) is 6.07. The Kier molecular flexibility index (Phi) is 9.67. The molecule has 1 spiro atoms. The first-order valence-corrected chi connectivity index (χ1v) is 14.9. The molecule has 2 saturated heterocycles. The van der Waals surface area contributed by atoms with Crippen molar-refractivity contribution in [2.24, 2.45) is 11.1 Å². The smallest absolute Gasteiger partial charge is 0.319 e. The molecule has 42 heavy (non-hydrogen) atoms. The Balaban J connectivity index is 1.68. The summed E-state index contributed by atoms with van der Waals surface area (Å²) >= 11 is 6.66. The zero-order valence-corrected chi connectivity index (χ0v) is 26.3. The third-order valence-electron chi connectivity index (χ3n) is 8.18. The number of piperidine rings is 1. The zero-order valence-electron chi connectivity index (χ0n) is 25.5. The number of benzene rings is 1. The number of hydrogen-bond donors (Lipinski definition) is 2. The lowest BCUT2D eigenvalue weighted by Gasteiger charge is -2.54. The van der Waals surface area contributed by atoms with E-state index in [4.69, 9.17) is 32.0 Å². The second-order valence-corrected chi connectivity index (χ2v) is 12.3. The molecule has 11 heteroatoms. The van der Waals surface area contributed by atoms with Crippen molar-refractivity contribution >= 4 is 34.8 Å². The van der Waals surface area contributed by atoms with E-state index in [-0.39, 0.29) is 23.8 Å². The molecule has 2 aliphatic heterocycles. The van der Waals surface area contributed by atoms with Gasteiger partial charge in [-0.15, -0.1) is 0 Å². The summed E-state index contributed by atoms with van der Waals surface area (Å²) in [5, 5.41) is 10.6. The quantitative estimate of drug-likeness (QED) is 0.404. The van der Waals surface area contributed by atoms with Gasteiger partial charge in [-0.1, -0.05) is 24.9 Å². The van der Waals surface area contributed by atoms with Crippen LogP contribution in [-0.2, 0) is 4.79 Å². The van der Waals surface area contributed by atoms with E-state index in [1.54, 1.807) is 44.1 Å². The number of amides is 2. The molecule has 3 N–H and O–H groups in total. The van der Waals surface area contributed by atoms with E-state index in [0.717, 1.165) is 56.8 Å². The lowest BCUT2D eigenvalue weighted by atomic mass is 9.72. The summed E-state index contributed by atoms with van der Waals surface area (Å²) in [4.78, 5) is 40.7. The number of hydrogen-bond acceptors (Lipinski definition) is 8. The number of ether oxygens (including phenoxy) is 1. The van der Waals surface area contributed by atoms with E-state index in [2.05, 4.69) is 4.90 Å². The maximum Gasteiger partial charge on any atom is 0.319 e. The Morgan fingerprint density at radius 2 is 1.86 bits per heavy atom. The van der Waals surface area contributed by atoms with Gasteiger partial charge in [0.2, 0.25) is 0 Å². The lowest BCUT2D eigenvalue weighted by molar-refractivity contribution is -0.111. The molecular weight excluding hydrogens is 556 g/mol. The first-order valence-electron chi connectivity index (χ1n) is 14.5. The predicted molar refractivity (Wildman–Crippen MR) is 166 cm³/mol. The molecule has 0 aliphatic carbocycles. The van der Waals surface area contributed by atoms with Gasteiger partial charge in [0.15, 0.2) is 11.6 Å². The van der Waals surface area contributed by atoms with Gasteiger partial charge in [-0.2, -0.15) is 0 Å². The summed E-state index contributed by atoms with van der Waals surface area (Å²) in [7, 11) is 3.56. The van der Waals surface area contributed by atoms with Crippen molar-refractivity contribution in [3.05, 3.63) is 40.2 Å². The molecular formula is C31H43ClN6O4. The Morgan fingerprint density at radius 3 is 2.43 bits per heavy atom. The fourth-order valence-electron chi connectivity index (χ4n) is 5.87. The molecule has 1 atom stereocenters. The van der Waals surface area contributed by atoms with Crippen LogP contribution in [0.1, 0.15) is 57.7 Å². The molecule has 0 saturated carbocycles. The number of aromatic nitrogens is 2. The number of Topliss-reactive ketones (excluding diaryl/α,β-unsaturated/α-hetero) is 1. The second kappa shape index (κ2) is 12.9. The van der Waals surface area contributed by atoms with E-state index in [0.29, 0.717) is 45.5 Å². The number of likely N-dealkylation sites (tertiary alicyclic amines) is 1. The van der Waals surface area contributed by atoms with Gasteiger partial charge in [-0.25, -0.2) is 14.8 Å². The van der Waals surface area contributed by atoms with Crippen LogP contribution in [0.25, 0.3) is 17.0 Å². The van der Waals surface area contributed by atoms with E-state index in [1.165, 1.54) is 6.92 Å². The van der Waals surface area contributed by atoms with Crippen LogP contribution in [0.4, 0.5) is 10.6 Å². The number of anilines is 1. The summed E-state index contributed by atoms with van der Waals surface area (Å²) in [6.07, 6.45) is 2.78. The van der Waals surface area contributed by atoms with Crippen LogP contribution in [0.3, 0.4) is 0 Å². The summed E-state index contributed by atoms with van der Waals surface area (Å²) in [6.45, 7) is 10.3. The fraction of sp³-hybridized carbons (Fsp3) is 0.548. The lowest BCUT2D eigenvalue weighted by Crippen LogP contribution is -2.61. The first kappa shape index (κ1) is 31.6. The van der Waals surface area contributed by atoms with Gasteiger partial charge in [-0.3, -0.25) is 4.79 Å². The van der Waals surface area contributed by atoms with Crippen LogP contribution in [0.2, 0.25) is 5.02 Å². The standard InChI is InChI=1S/C31H43ClN6O4/c1-7-8-22(40)16-42-23-9-10-25(32)24(15-23)28-34-27(26(20(3)33)21(4)39)19(2)29(35-28)38-17-31(18-38)11-13-37(14-12-31)30(41)36(5)6/h9-10,15,22,40H,7-8,11-14,16-18,33H2,1-6H3/t22-/m1/s1. The molecule has 2 amide bonds. The average Bonchev–Trinajstić information content (AvgIpc) is 2.92. The minimum absolute atomic E-state index is 0.0469. The van der Waals surface area contributed by atoms with Gasteiger partial charge in [-0.05, 0) is 58.2 Å². The molecule has 10 nitrogen and oxygen atoms in total. The highest BCUT2D eigenvalue weighted by Crippen LogP contribution is 2.44. The molecule has 2 aliphatic rings. The monoisotopic (exact) mass is 598 g/mol. The zero-order chi connectivity index (χ0) is 30.8. The molecule has 2 fully saturated rings. The SMILES string of the molecule is CCC[C@@H](O)COc1ccc(Cl)c(-c2nc(C(C(C)=O)=C(C)N)c(C)c(N3CC4(CCN(C(=O)N(C)C)CC4)C3)n2)c1. The van der Waals surface area contributed by atoms with Crippen molar-refractivity contribution in [2.75, 3.05) is 51.8 Å². The highest BCUT2D eigenvalue weighted by atomic mass is 35.5. The predicted octanol–water partition coefficient (Wildman–Crippen LogP) is 4.51. The third-order valence-corrected chi connectivity index (χ3v) is 8.51. The highest BCUT2D eigenvalue weighted by molar-refractivity contribution is 6.33. The summed E-state index contributed by atoms with van der Waals surface area (Å²) in [5.74, 6) is 1.45. The molecule has 4 rings (SSSR count). The van der Waals surface area contributed by atoms with Crippen LogP contribution in [0, 0.1) is 12.3 Å². The van der Waals surface area contributed by atoms with Gasteiger partial charge in [0.05, 0.1) is 22.4 Å². The van der Waals surface area contributed by atoms with Crippen molar-refractivity contribution in [3.8, 4) is 17.1 Å². The maximum absolute atomic E-state index is 12.7. The number of allylic oxidation sites excluding steroid dienone is 2. The van der Waals surface area contributed by atoms with E-state index < -0.39 is 6.10 Å². The van der Waals surface area contributed by atoms with Crippen LogP contribution in [0.15, 0.2) is 23.9 Å². The Morgan fingerprint density at radius 1 is 1.19 bits per heavy atom. The minimum atomic E-state index is -0.564. The molecule has 0 radical (unpaired) electrons. The van der Waals surface area contributed by atoms with Crippen molar-refractivity contribution in [1.82, 2.24) is 19.8 Å². The number of nitrogens with two attached hydrogens (primary N) is 1. The summed E-state index contributed by atoms with van der Waals surface area (Å²) < 4.78 is 5.85. The van der Waals surface area contributed by atoms with Crippen LogP contribution in [0.5, 0.6) is 5.75 Å². The van der Waals surface area contributed by atoms with Gasteiger partial charge < -0.3 is 30.3 Å². The molecule has 1 aromatic heterocycles. The number of urea groups is 1. The summed E-state index contributed by atoms with van der Waals surface area (Å²) in [5.41, 5.74) is 8.85. The van der Waals surface area contributed by atoms with Crippen molar-refractivity contribution in [2.45, 2.75) is 59.5 Å². The number of aliphatic hydroxyl groups excluding tert-OH is 1. The molecule has 2 aromatic rings. The summed E-state index contributed by atoms with van der Waals surface area (Å²) in [6, 6.07) is 5.28. The van der Waals surface area contributed by atoms with Crippen molar-refractivity contribution < 1.29 is 19.4 Å². The van der Waals surface area contributed by atoms with Crippen LogP contribution in [-0.4, -0.2) is 89.7 Å². The van der Waals surface area contributed by atoms with Gasteiger partial charge >= 0.3 is 6.03 Å². The first-order chi connectivity index (χ1) is 19.9. The van der Waals surface area contributed by atoms with Gasteiger partial charge in [0.25, 0.3) is 0 Å².